The van der Waals surface area contributed by atoms with Crippen LogP contribution in [0.2, 0.25) is 0 Å². The van der Waals surface area contributed by atoms with Crippen LogP contribution in [0.1, 0.15) is 34.0 Å². The lowest BCUT2D eigenvalue weighted by Gasteiger charge is -2.32. The average Bonchev–Trinajstić information content (AvgIpc) is 2.82. The number of fused-ring (bicyclic) bond motifs is 1. The monoisotopic (exact) mass is 453 g/mol. The first kappa shape index (κ1) is 22.5. The summed E-state index contributed by atoms with van der Waals surface area (Å²) in [7, 11) is 0. The molecule has 2 aromatic carbocycles. The molecule has 0 saturated carbocycles. The molecule has 1 N–H and O–H groups in total. The molecule has 33 heavy (non-hydrogen) atoms. The summed E-state index contributed by atoms with van der Waals surface area (Å²) in [5.74, 6) is -0.539. The zero-order chi connectivity index (χ0) is 23.6. The Kier molecular flexibility index (Phi) is 6.18. The van der Waals surface area contributed by atoms with E-state index in [1.165, 1.54) is 24.5 Å². The lowest BCUT2D eigenvalue weighted by molar-refractivity contribution is -0.137. The molecule has 4 rings (SSSR count). The first-order valence-electron chi connectivity index (χ1n) is 10.5. The fourth-order valence-electron chi connectivity index (χ4n) is 4.03. The molecule has 1 aliphatic heterocycles. The maximum atomic E-state index is 13.0. The largest absolute Gasteiger partial charge is 0.416 e. The summed E-state index contributed by atoms with van der Waals surface area (Å²) >= 11 is 0. The van der Waals surface area contributed by atoms with Crippen molar-refractivity contribution in [3.05, 3.63) is 89.2 Å². The van der Waals surface area contributed by atoms with Crippen LogP contribution >= 0.6 is 0 Å². The van der Waals surface area contributed by atoms with Crippen LogP contribution in [0.5, 0.6) is 0 Å². The maximum Gasteiger partial charge on any atom is 0.416 e. The van der Waals surface area contributed by atoms with E-state index in [0.29, 0.717) is 30.6 Å². The molecular weight excluding hydrogens is 431 g/mol. The van der Waals surface area contributed by atoms with E-state index in [2.05, 4.69) is 10.3 Å². The standard InChI is InChI=1S/C25H22F3N3O2/c1-16(30-23(32)18-9-12-29-13-10-18)24(33)31-14-11-22-19(15-31)3-2-4-21(22)17-5-7-20(8-6-17)25(26,27)28/h2-10,12-13,16H,11,14-15H2,1H3,(H,30,32)/t16-/m1/s1. The fraction of sp³-hybridized carbons (Fsp3) is 0.240. The van der Waals surface area contributed by atoms with E-state index in [4.69, 9.17) is 0 Å². The van der Waals surface area contributed by atoms with Crippen LogP contribution in [-0.4, -0.2) is 34.3 Å². The molecule has 0 unspecified atom stereocenters. The predicted octanol–water partition coefficient (Wildman–Crippen LogP) is 4.47. The number of hydrogen-bond donors (Lipinski definition) is 1. The zero-order valence-electron chi connectivity index (χ0n) is 17.9. The van der Waals surface area contributed by atoms with Gasteiger partial charge in [0.1, 0.15) is 6.04 Å². The number of halogens is 3. The van der Waals surface area contributed by atoms with Crippen LogP contribution in [0, 0.1) is 0 Å². The first-order chi connectivity index (χ1) is 15.7. The molecule has 0 saturated heterocycles. The van der Waals surface area contributed by atoms with Gasteiger partial charge in [-0.05, 0) is 59.9 Å². The minimum Gasteiger partial charge on any atom is -0.341 e. The molecule has 2 heterocycles. The van der Waals surface area contributed by atoms with Gasteiger partial charge in [0.2, 0.25) is 5.91 Å². The van der Waals surface area contributed by atoms with Crippen molar-refractivity contribution in [1.82, 2.24) is 15.2 Å². The molecule has 0 radical (unpaired) electrons. The van der Waals surface area contributed by atoms with Crippen LogP contribution in [0.25, 0.3) is 11.1 Å². The van der Waals surface area contributed by atoms with Crippen molar-refractivity contribution in [2.24, 2.45) is 0 Å². The van der Waals surface area contributed by atoms with Crippen molar-refractivity contribution < 1.29 is 22.8 Å². The van der Waals surface area contributed by atoms with Gasteiger partial charge >= 0.3 is 6.18 Å². The molecule has 0 aliphatic carbocycles. The Morgan fingerprint density at radius 1 is 1.03 bits per heavy atom. The van der Waals surface area contributed by atoms with Gasteiger partial charge in [0.15, 0.2) is 0 Å². The lowest BCUT2D eigenvalue weighted by atomic mass is 9.90. The third-order valence-electron chi connectivity index (χ3n) is 5.76. The number of alkyl halides is 3. The SMILES string of the molecule is C[C@@H](NC(=O)c1ccncc1)C(=O)N1CCc2c(cccc2-c2ccc(C(F)(F)F)cc2)C1. The smallest absolute Gasteiger partial charge is 0.341 e. The number of nitrogens with one attached hydrogen (secondary N) is 1. The van der Waals surface area contributed by atoms with E-state index in [1.54, 1.807) is 24.0 Å². The van der Waals surface area contributed by atoms with Gasteiger partial charge in [0.05, 0.1) is 5.56 Å². The van der Waals surface area contributed by atoms with E-state index in [0.717, 1.165) is 28.8 Å². The van der Waals surface area contributed by atoms with Crippen molar-refractivity contribution in [2.45, 2.75) is 32.1 Å². The van der Waals surface area contributed by atoms with Crippen LogP contribution in [-0.2, 0) is 23.9 Å². The minimum atomic E-state index is -4.38. The highest BCUT2D eigenvalue weighted by Crippen LogP contribution is 2.34. The summed E-state index contributed by atoms with van der Waals surface area (Å²) in [5, 5.41) is 2.72. The summed E-state index contributed by atoms with van der Waals surface area (Å²) in [5.41, 5.74) is 3.28. The van der Waals surface area contributed by atoms with Crippen molar-refractivity contribution in [1.29, 1.82) is 0 Å². The minimum absolute atomic E-state index is 0.192. The van der Waals surface area contributed by atoms with Gasteiger partial charge < -0.3 is 10.2 Å². The summed E-state index contributed by atoms with van der Waals surface area (Å²) < 4.78 is 38.7. The van der Waals surface area contributed by atoms with Crippen LogP contribution in [0.4, 0.5) is 13.2 Å². The van der Waals surface area contributed by atoms with Gasteiger partial charge in [-0.3, -0.25) is 14.6 Å². The number of rotatable bonds is 4. The van der Waals surface area contributed by atoms with E-state index in [1.807, 2.05) is 18.2 Å². The molecule has 8 heteroatoms. The topological polar surface area (TPSA) is 62.3 Å². The third kappa shape index (κ3) is 4.89. The Hall–Kier alpha value is -3.68. The molecule has 0 fully saturated rings. The average molecular weight is 453 g/mol. The van der Waals surface area contributed by atoms with Crippen LogP contribution in [0.3, 0.4) is 0 Å². The highest BCUT2D eigenvalue weighted by molar-refractivity contribution is 5.97. The normalized spacial score (nSPS) is 14.4. The Bertz CT molecular complexity index is 1160. The van der Waals surface area contributed by atoms with E-state index < -0.39 is 17.8 Å². The van der Waals surface area contributed by atoms with Crippen LogP contribution < -0.4 is 5.32 Å². The highest BCUT2D eigenvalue weighted by Gasteiger charge is 2.30. The summed E-state index contributed by atoms with van der Waals surface area (Å²) in [6, 6.07) is 13.2. The number of pyridine rings is 1. The molecule has 1 atom stereocenters. The highest BCUT2D eigenvalue weighted by atomic mass is 19.4. The quantitative estimate of drug-likeness (QED) is 0.634. The van der Waals surface area contributed by atoms with Crippen molar-refractivity contribution in [2.75, 3.05) is 6.54 Å². The molecule has 0 bridgehead atoms. The van der Waals surface area contributed by atoms with Gasteiger partial charge in [-0.1, -0.05) is 30.3 Å². The maximum absolute atomic E-state index is 13.0. The van der Waals surface area contributed by atoms with Crippen molar-refractivity contribution >= 4 is 11.8 Å². The van der Waals surface area contributed by atoms with Crippen LogP contribution in [0.15, 0.2) is 67.0 Å². The summed E-state index contributed by atoms with van der Waals surface area (Å²) in [6.07, 6.45) is -0.781. The number of aromatic nitrogens is 1. The first-order valence-corrected chi connectivity index (χ1v) is 10.5. The Morgan fingerprint density at radius 3 is 2.39 bits per heavy atom. The second-order valence-electron chi connectivity index (χ2n) is 7.96. The summed E-state index contributed by atoms with van der Waals surface area (Å²) in [4.78, 5) is 30.9. The Labute approximate surface area is 189 Å². The number of hydrogen-bond acceptors (Lipinski definition) is 3. The molecule has 3 aromatic rings. The number of carbonyl (C=O) groups excluding carboxylic acids is 2. The second kappa shape index (κ2) is 9.05. The Balaban J connectivity index is 1.48. The molecule has 1 aliphatic rings. The number of nitrogens with zero attached hydrogens (tertiary/aromatic N) is 2. The molecule has 2 amide bonds. The van der Waals surface area contributed by atoms with E-state index in [-0.39, 0.29) is 11.8 Å². The molecule has 170 valence electrons. The summed E-state index contributed by atoms with van der Waals surface area (Å²) in [6.45, 7) is 2.48. The van der Waals surface area contributed by atoms with E-state index in [9.17, 15) is 22.8 Å². The predicted molar refractivity (Wildman–Crippen MR) is 117 cm³/mol. The third-order valence-corrected chi connectivity index (χ3v) is 5.76. The molecule has 0 spiro atoms. The Morgan fingerprint density at radius 2 is 1.73 bits per heavy atom. The number of carbonyl (C=O) groups is 2. The number of benzene rings is 2. The van der Waals surface area contributed by atoms with Crippen molar-refractivity contribution in [3.8, 4) is 11.1 Å². The molecule has 1 aromatic heterocycles. The molecular formula is C25H22F3N3O2. The number of amides is 2. The van der Waals surface area contributed by atoms with Gasteiger partial charge in [0.25, 0.3) is 5.91 Å². The second-order valence-corrected chi connectivity index (χ2v) is 7.96. The van der Waals surface area contributed by atoms with Gasteiger partial charge in [0, 0.05) is 31.0 Å². The zero-order valence-corrected chi connectivity index (χ0v) is 17.9. The van der Waals surface area contributed by atoms with Crippen molar-refractivity contribution in [3.63, 3.8) is 0 Å². The molecule has 5 nitrogen and oxygen atoms in total. The van der Waals surface area contributed by atoms with E-state index >= 15 is 0 Å². The van der Waals surface area contributed by atoms with Gasteiger partial charge in [-0.15, -0.1) is 0 Å². The lowest BCUT2D eigenvalue weighted by Crippen LogP contribution is -2.48. The van der Waals surface area contributed by atoms with Gasteiger partial charge in [-0.25, -0.2) is 0 Å². The fourth-order valence-corrected chi connectivity index (χ4v) is 4.03. The van der Waals surface area contributed by atoms with Gasteiger partial charge in [-0.2, -0.15) is 13.2 Å².